The number of nitrogens with zero attached hydrogens (tertiary/aromatic N) is 3. The summed E-state index contributed by atoms with van der Waals surface area (Å²) >= 11 is 1.61. The molecule has 3 rings (SSSR count). The van der Waals surface area contributed by atoms with Gasteiger partial charge in [-0.2, -0.15) is 18.2 Å². The van der Waals surface area contributed by atoms with Crippen molar-refractivity contribution < 1.29 is 37.5 Å². The third-order valence-corrected chi connectivity index (χ3v) is 7.15. The fraction of sp³-hybridized carbons (Fsp3) is 0.464. The molecule has 224 valence electrons. The second-order valence-corrected chi connectivity index (χ2v) is 10.3. The number of fused-ring (bicyclic) bond motifs is 1. The van der Waals surface area contributed by atoms with E-state index in [1.165, 1.54) is 5.56 Å². The van der Waals surface area contributed by atoms with E-state index in [1.54, 1.807) is 11.8 Å². The van der Waals surface area contributed by atoms with Gasteiger partial charge >= 0.3 is 18.1 Å². The molecule has 2 aromatic rings. The van der Waals surface area contributed by atoms with Crippen LogP contribution in [0.15, 0.2) is 52.4 Å². The molecule has 2 aromatic heterocycles. The van der Waals surface area contributed by atoms with Crippen molar-refractivity contribution in [3.63, 3.8) is 0 Å². The van der Waals surface area contributed by atoms with Crippen LogP contribution in [0.3, 0.4) is 0 Å². The number of halogens is 3. The molecule has 0 aromatic carbocycles. The van der Waals surface area contributed by atoms with Crippen LogP contribution >= 0.6 is 11.8 Å². The number of pyridine rings is 1. The minimum absolute atomic E-state index is 0.0576. The number of rotatable bonds is 14. The Morgan fingerprint density at radius 3 is 2.66 bits per heavy atom. The highest BCUT2D eigenvalue weighted by Gasteiger charge is 2.38. The molecule has 1 atom stereocenters. The lowest BCUT2D eigenvalue weighted by molar-refractivity contribution is -0.192. The highest BCUT2D eigenvalue weighted by molar-refractivity contribution is 8.03. The summed E-state index contributed by atoms with van der Waals surface area (Å²) < 4.78 is 37.2. The van der Waals surface area contributed by atoms with Crippen molar-refractivity contribution in [1.29, 1.82) is 0 Å². The molecular formula is C28H35F3N4O5S. The summed E-state index contributed by atoms with van der Waals surface area (Å²) in [5.41, 5.74) is 2.36. The van der Waals surface area contributed by atoms with E-state index in [1.807, 2.05) is 19.1 Å². The molecule has 1 aliphatic rings. The molecule has 13 heteroatoms. The van der Waals surface area contributed by atoms with Crippen molar-refractivity contribution in [2.75, 3.05) is 17.6 Å². The minimum Gasteiger partial charge on any atom is -0.481 e. The number of carboxylic acids is 2. The van der Waals surface area contributed by atoms with Crippen LogP contribution in [0.25, 0.3) is 0 Å². The van der Waals surface area contributed by atoms with E-state index in [4.69, 9.17) is 19.4 Å². The zero-order valence-corrected chi connectivity index (χ0v) is 23.6. The van der Waals surface area contributed by atoms with Crippen LogP contribution in [0, 0.1) is 5.92 Å². The molecule has 41 heavy (non-hydrogen) atoms. The third kappa shape index (κ3) is 13.1. The highest BCUT2D eigenvalue weighted by Crippen LogP contribution is 2.25. The molecule has 0 amide bonds. The number of aryl methyl sites for hydroxylation is 3. The first kappa shape index (κ1) is 33.6. The van der Waals surface area contributed by atoms with Crippen molar-refractivity contribution in [2.45, 2.75) is 64.5 Å². The third-order valence-electron chi connectivity index (χ3n) is 5.84. The lowest BCUT2D eigenvalue weighted by Crippen LogP contribution is -2.21. The smallest absolute Gasteiger partial charge is 0.481 e. The predicted molar refractivity (Wildman–Crippen MR) is 151 cm³/mol. The molecule has 3 heterocycles. The number of carbonyl (C=O) groups is 2. The van der Waals surface area contributed by atoms with Gasteiger partial charge in [-0.05, 0) is 56.6 Å². The van der Waals surface area contributed by atoms with E-state index >= 15 is 0 Å². The Morgan fingerprint density at radius 2 is 2.00 bits per heavy atom. The Bertz CT molecular complexity index is 1210. The molecule has 0 fully saturated rings. The molecule has 0 radical (unpaired) electrons. The second kappa shape index (κ2) is 17.3. The van der Waals surface area contributed by atoms with Gasteiger partial charge in [0.25, 0.3) is 0 Å². The average molecular weight is 597 g/mol. The molecule has 0 saturated heterocycles. The van der Waals surface area contributed by atoms with Gasteiger partial charge in [-0.25, -0.2) is 9.78 Å². The fourth-order valence-corrected chi connectivity index (χ4v) is 4.83. The van der Waals surface area contributed by atoms with E-state index in [9.17, 15) is 23.1 Å². The van der Waals surface area contributed by atoms with Gasteiger partial charge in [0, 0.05) is 42.2 Å². The number of alkyl halides is 3. The van der Waals surface area contributed by atoms with Gasteiger partial charge in [0.2, 0.25) is 5.89 Å². The van der Waals surface area contributed by atoms with Crippen LogP contribution in [0.1, 0.15) is 55.6 Å². The quantitative estimate of drug-likeness (QED) is 0.175. The number of carboxylic acid groups (broad SMARTS) is 2. The Labute approximate surface area is 241 Å². The number of hydrogen-bond donors (Lipinski definition) is 3. The number of allylic oxidation sites excluding steroid dienone is 4. The van der Waals surface area contributed by atoms with Crippen LogP contribution in [0.4, 0.5) is 19.0 Å². The fourth-order valence-electron chi connectivity index (χ4n) is 3.83. The summed E-state index contributed by atoms with van der Waals surface area (Å²) in [4.78, 5) is 30.6. The Kier molecular flexibility index (Phi) is 14.1. The Morgan fingerprint density at radius 1 is 1.24 bits per heavy atom. The largest absolute Gasteiger partial charge is 0.490 e. The van der Waals surface area contributed by atoms with Crippen LogP contribution < -0.4 is 5.32 Å². The van der Waals surface area contributed by atoms with E-state index in [-0.39, 0.29) is 12.3 Å². The first-order chi connectivity index (χ1) is 19.5. The van der Waals surface area contributed by atoms with Gasteiger partial charge in [-0.1, -0.05) is 42.1 Å². The molecule has 0 saturated carbocycles. The number of aromatic nitrogens is 3. The first-order valence-electron chi connectivity index (χ1n) is 13.1. The zero-order valence-electron chi connectivity index (χ0n) is 22.8. The topological polar surface area (TPSA) is 138 Å². The SMILES string of the molecule is C=CC(=CC/C=C\C)SCC(CC(=O)O)Cc1nc(CCCc2ccc3c(n2)NCCC3)no1.O=C(O)C(F)(F)F. The average Bonchev–Trinajstić information content (AvgIpc) is 3.37. The van der Waals surface area contributed by atoms with E-state index in [0.29, 0.717) is 30.3 Å². The van der Waals surface area contributed by atoms with Crippen LogP contribution in [0.5, 0.6) is 0 Å². The standard InChI is InChI=1S/C26H34N4O3S.C2HF3O2/c1-3-5-6-11-22(4-2)34-18-19(17-25(31)32)16-24-29-23(30-33-24)12-7-10-21-14-13-20-9-8-15-27-26(20)28-21;3-2(4,5)1(6)7/h3-5,11,13-14,19H,2,6-10,12,15-18H2,1H3,(H,27,28)(H,31,32);(H,6,7)/b5-3-,22-11?;. The summed E-state index contributed by atoms with van der Waals surface area (Å²) in [7, 11) is 0. The number of hydrogen-bond acceptors (Lipinski definition) is 8. The van der Waals surface area contributed by atoms with E-state index < -0.39 is 18.1 Å². The second-order valence-electron chi connectivity index (χ2n) is 9.20. The summed E-state index contributed by atoms with van der Waals surface area (Å²) in [5.74, 6) is -0.863. The Balaban J connectivity index is 0.000000745. The lowest BCUT2D eigenvalue weighted by atomic mass is 10.0. The summed E-state index contributed by atoms with van der Waals surface area (Å²) in [6, 6.07) is 4.27. The van der Waals surface area contributed by atoms with Gasteiger partial charge in [-0.3, -0.25) is 4.79 Å². The number of nitrogens with one attached hydrogen (secondary N) is 1. The predicted octanol–water partition coefficient (Wildman–Crippen LogP) is 6.03. The maximum Gasteiger partial charge on any atom is 0.490 e. The van der Waals surface area contributed by atoms with Crippen molar-refractivity contribution in [2.24, 2.45) is 5.92 Å². The number of thioether (sulfide) groups is 1. The van der Waals surface area contributed by atoms with Crippen molar-refractivity contribution in [3.8, 4) is 0 Å². The molecule has 0 bridgehead atoms. The number of anilines is 1. The maximum absolute atomic E-state index is 11.4. The zero-order chi connectivity index (χ0) is 30.3. The van der Waals surface area contributed by atoms with Gasteiger partial charge in [0.15, 0.2) is 5.82 Å². The summed E-state index contributed by atoms with van der Waals surface area (Å²) in [5, 5.41) is 23.9. The van der Waals surface area contributed by atoms with E-state index in [0.717, 1.165) is 55.1 Å². The van der Waals surface area contributed by atoms with Gasteiger partial charge in [0.1, 0.15) is 5.82 Å². The van der Waals surface area contributed by atoms with Crippen molar-refractivity contribution in [1.82, 2.24) is 15.1 Å². The molecule has 9 nitrogen and oxygen atoms in total. The van der Waals surface area contributed by atoms with Crippen molar-refractivity contribution >= 4 is 29.5 Å². The van der Waals surface area contributed by atoms with Crippen molar-refractivity contribution in [3.05, 3.63) is 70.9 Å². The van der Waals surface area contributed by atoms with Gasteiger partial charge < -0.3 is 20.1 Å². The Hall–Kier alpha value is -3.61. The first-order valence-corrected chi connectivity index (χ1v) is 14.1. The highest BCUT2D eigenvalue weighted by atomic mass is 32.2. The lowest BCUT2D eigenvalue weighted by Gasteiger charge is -2.17. The van der Waals surface area contributed by atoms with Crippen LogP contribution in [-0.4, -0.2) is 55.8 Å². The summed E-state index contributed by atoms with van der Waals surface area (Å²) in [6.45, 7) is 6.83. The molecule has 1 unspecified atom stereocenters. The molecular weight excluding hydrogens is 561 g/mol. The summed E-state index contributed by atoms with van der Waals surface area (Å²) in [6.07, 6.45) is 8.89. The maximum atomic E-state index is 11.4. The molecule has 1 aliphatic heterocycles. The monoisotopic (exact) mass is 596 g/mol. The van der Waals surface area contributed by atoms with Crippen LogP contribution in [0.2, 0.25) is 0 Å². The normalized spacial score (nSPS) is 14.0. The van der Waals surface area contributed by atoms with Gasteiger partial charge in [0.05, 0.1) is 0 Å². The van der Waals surface area contributed by atoms with Gasteiger partial charge in [-0.15, -0.1) is 11.8 Å². The van der Waals surface area contributed by atoms with E-state index in [2.05, 4.69) is 46.3 Å². The van der Waals surface area contributed by atoms with Crippen LogP contribution in [-0.2, 0) is 35.3 Å². The molecule has 0 aliphatic carbocycles. The molecule has 3 N–H and O–H groups in total. The molecule has 0 spiro atoms. The number of aliphatic carboxylic acids is 2. The minimum atomic E-state index is -5.08.